The van der Waals surface area contributed by atoms with Gasteiger partial charge in [-0.2, -0.15) is 0 Å². The van der Waals surface area contributed by atoms with Crippen molar-refractivity contribution in [2.24, 2.45) is 0 Å². The summed E-state index contributed by atoms with van der Waals surface area (Å²) < 4.78 is 66.6. The highest BCUT2D eigenvalue weighted by Crippen LogP contribution is 2.54. The van der Waals surface area contributed by atoms with Crippen LogP contribution < -0.4 is 56.8 Å². The number of hydrogen-bond donors (Lipinski definition) is 0. The van der Waals surface area contributed by atoms with Gasteiger partial charge in [0.15, 0.2) is 46.0 Å². The number of fused-ring (bicyclic) bond motifs is 2. The molecule has 2 heterocycles. The number of hydrogen-bond acceptors (Lipinski definition) is 16. The van der Waals surface area contributed by atoms with Gasteiger partial charge in [-0.05, 0) is 36.4 Å². The van der Waals surface area contributed by atoms with Crippen molar-refractivity contribution < 1.29 is 76.0 Å². The van der Waals surface area contributed by atoms with Gasteiger partial charge in [0.1, 0.15) is 0 Å². The van der Waals surface area contributed by atoms with Crippen molar-refractivity contribution in [3.8, 4) is 80.1 Å². The molecule has 0 aromatic heterocycles. The lowest BCUT2D eigenvalue weighted by atomic mass is 9.91. The van der Waals surface area contributed by atoms with Crippen LogP contribution in [-0.2, 0) is 0 Å². The molecule has 2 aliphatic heterocycles. The summed E-state index contributed by atoms with van der Waals surface area (Å²) in [6, 6.07) is 8.05. The second-order valence-electron chi connectivity index (χ2n) is 11.3. The van der Waals surface area contributed by atoms with Crippen LogP contribution in [-0.4, -0.2) is 93.6 Å². The van der Waals surface area contributed by atoms with Gasteiger partial charge < -0.3 is 56.8 Å². The molecule has 4 aromatic rings. The second kappa shape index (κ2) is 15.0. The Balaban J connectivity index is 1.55. The van der Waals surface area contributed by atoms with E-state index in [2.05, 4.69) is 0 Å². The number of carbonyl (C=O) groups is 4. The van der Waals surface area contributed by atoms with Crippen LogP contribution in [0.15, 0.2) is 36.4 Å². The van der Waals surface area contributed by atoms with Gasteiger partial charge in [-0.3, -0.25) is 19.2 Å². The molecule has 0 unspecified atom stereocenters. The van der Waals surface area contributed by atoms with Crippen molar-refractivity contribution in [2.45, 2.75) is 0 Å². The lowest BCUT2D eigenvalue weighted by Gasteiger charge is -2.22. The average molecular weight is 747 g/mol. The average Bonchev–Trinajstić information content (AvgIpc) is 3.90. The van der Waals surface area contributed by atoms with Crippen molar-refractivity contribution in [3.63, 3.8) is 0 Å². The van der Waals surface area contributed by atoms with E-state index in [9.17, 15) is 19.2 Å². The molecule has 0 spiro atoms. The number of ether oxygens (including phenoxy) is 12. The predicted molar refractivity (Wildman–Crippen MR) is 187 cm³/mol. The number of ketones is 4. The molecule has 16 nitrogen and oxygen atoms in total. The normalized spacial score (nSPS) is 12.1. The van der Waals surface area contributed by atoms with Gasteiger partial charge in [0, 0.05) is 22.3 Å². The topological polar surface area (TPSA) is 179 Å². The zero-order valence-corrected chi connectivity index (χ0v) is 30.4. The van der Waals surface area contributed by atoms with Crippen molar-refractivity contribution in [3.05, 3.63) is 58.7 Å². The Morgan fingerprint density at radius 2 is 0.759 bits per heavy atom. The van der Waals surface area contributed by atoms with Crippen LogP contribution in [0, 0.1) is 0 Å². The van der Waals surface area contributed by atoms with E-state index >= 15 is 0 Å². The third-order valence-corrected chi connectivity index (χ3v) is 8.64. The third kappa shape index (κ3) is 6.00. The Morgan fingerprint density at radius 3 is 1.07 bits per heavy atom. The zero-order valence-electron chi connectivity index (χ0n) is 30.4. The first-order valence-electron chi connectivity index (χ1n) is 15.9. The maximum Gasteiger partial charge on any atom is 0.237 e. The minimum atomic E-state index is -1.02. The molecule has 0 radical (unpaired) electrons. The minimum Gasteiger partial charge on any atom is -0.493 e. The van der Waals surface area contributed by atoms with Gasteiger partial charge >= 0.3 is 0 Å². The Labute approximate surface area is 308 Å². The van der Waals surface area contributed by atoms with Gasteiger partial charge in [0.05, 0.1) is 68.0 Å². The summed E-state index contributed by atoms with van der Waals surface area (Å²) in [5.41, 5.74) is -0.457. The Hall–Kier alpha value is -6.84. The SMILES string of the molecule is COc1cc(C(=O)C(=O)c2cc(-c3cc(C(=O)C(=O)c4cc(OC)c5c(c4)OCO5)c(OC)c(OC)c3OC)c(OC)c(OC)c2OC)cc2c1OCO2. The molecular weight excluding hydrogens is 712 g/mol. The number of carbonyl (C=O) groups excluding carboxylic acids is 4. The fourth-order valence-electron chi connectivity index (χ4n) is 6.19. The van der Waals surface area contributed by atoms with Gasteiger partial charge in [0.2, 0.25) is 59.7 Å². The zero-order chi connectivity index (χ0) is 38.8. The maximum absolute atomic E-state index is 14.2. The molecule has 0 amide bonds. The molecule has 16 heteroatoms. The van der Waals surface area contributed by atoms with Gasteiger partial charge in [0.25, 0.3) is 0 Å². The highest BCUT2D eigenvalue weighted by atomic mass is 16.7. The molecule has 0 aliphatic carbocycles. The van der Waals surface area contributed by atoms with E-state index in [0.717, 1.165) is 0 Å². The summed E-state index contributed by atoms with van der Waals surface area (Å²) in [6.07, 6.45) is 0. The molecule has 0 N–H and O–H groups in total. The quantitative estimate of drug-likeness (QED) is 0.117. The smallest absolute Gasteiger partial charge is 0.237 e. The van der Waals surface area contributed by atoms with E-state index in [1.54, 1.807) is 0 Å². The highest BCUT2D eigenvalue weighted by Gasteiger charge is 2.35. The molecule has 6 rings (SSSR count). The Kier molecular flexibility index (Phi) is 10.3. The third-order valence-electron chi connectivity index (χ3n) is 8.64. The summed E-state index contributed by atoms with van der Waals surface area (Å²) >= 11 is 0. The van der Waals surface area contributed by atoms with Crippen LogP contribution in [0.5, 0.6) is 69.0 Å². The first kappa shape index (κ1) is 36.9. The predicted octanol–water partition coefficient (Wildman–Crippen LogP) is 5.01. The van der Waals surface area contributed by atoms with Crippen LogP contribution in [0.25, 0.3) is 11.1 Å². The molecule has 0 atom stereocenters. The molecular formula is C38H34O16. The van der Waals surface area contributed by atoms with E-state index < -0.39 is 23.1 Å². The number of benzene rings is 4. The molecule has 0 saturated heterocycles. The summed E-state index contributed by atoms with van der Waals surface area (Å²) in [5.74, 6) is -2.97. The number of methoxy groups -OCH3 is 8. The van der Waals surface area contributed by atoms with Gasteiger partial charge in [-0.25, -0.2) is 0 Å². The van der Waals surface area contributed by atoms with Gasteiger partial charge in [-0.15, -0.1) is 0 Å². The maximum atomic E-state index is 14.2. The van der Waals surface area contributed by atoms with Crippen LogP contribution in [0.2, 0.25) is 0 Å². The summed E-state index contributed by atoms with van der Waals surface area (Å²) in [6.45, 7) is -0.198. The summed E-state index contributed by atoms with van der Waals surface area (Å²) in [4.78, 5) is 56.1. The second-order valence-corrected chi connectivity index (χ2v) is 11.3. The summed E-state index contributed by atoms with van der Waals surface area (Å²) in [7, 11) is 10.6. The molecule has 0 bridgehead atoms. The molecule has 2 aliphatic rings. The van der Waals surface area contributed by atoms with Crippen molar-refractivity contribution >= 4 is 23.1 Å². The van der Waals surface area contributed by atoms with E-state index in [-0.39, 0.29) is 116 Å². The molecule has 0 fully saturated rings. The van der Waals surface area contributed by atoms with Gasteiger partial charge in [-0.1, -0.05) is 0 Å². The van der Waals surface area contributed by atoms with Crippen molar-refractivity contribution in [2.75, 3.05) is 70.5 Å². The molecule has 282 valence electrons. The van der Waals surface area contributed by atoms with Crippen LogP contribution >= 0.6 is 0 Å². The van der Waals surface area contributed by atoms with Crippen LogP contribution in [0.3, 0.4) is 0 Å². The minimum absolute atomic E-state index is 0.0128. The number of Topliss-reactive ketones (excluding diaryl/α,β-unsaturated/α-hetero) is 4. The lowest BCUT2D eigenvalue weighted by molar-refractivity contribution is 0.0814. The van der Waals surface area contributed by atoms with Crippen molar-refractivity contribution in [1.29, 1.82) is 0 Å². The van der Waals surface area contributed by atoms with Crippen LogP contribution in [0.1, 0.15) is 41.4 Å². The first-order valence-corrected chi connectivity index (χ1v) is 15.9. The molecule has 0 saturated carbocycles. The Morgan fingerprint density at radius 1 is 0.407 bits per heavy atom. The largest absolute Gasteiger partial charge is 0.493 e. The number of rotatable bonds is 15. The first-order chi connectivity index (χ1) is 26.1. The van der Waals surface area contributed by atoms with E-state index in [1.165, 1.54) is 93.3 Å². The summed E-state index contributed by atoms with van der Waals surface area (Å²) in [5, 5.41) is 0. The highest BCUT2D eigenvalue weighted by molar-refractivity contribution is 6.51. The lowest BCUT2D eigenvalue weighted by Crippen LogP contribution is -2.17. The van der Waals surface area contributed by atoms with E-state index in [4.69, 9.17) is 56.8 Å². The molecule has 4 aromatic carbocycles. The fourth-order valence-corrected chi connectivity index (χ4v) is 6.19. The monoisotopic (exact) mass is 746 g/mol. The van der Waals surface area contributed by atoms with Crippen LogP contribution in [0.4, 0.5) is 0 Å². The van der Waals surface area contributed by atoms with Crippen molar-refractivity contribution in [1.82, 2.24) is 0 Å². The Bertz CT molecular complexity index is 2050. The molecule has 54 heavy (non-hydrogen) atoms. The standard InChI is InChI=1S/C38H34O16/c1-43-23-9-17(11-25-35(23)53-15-51-25)27(39)29(41)21-13-19(31(45-3)37(49-7)33(21)47-5)20-14-22(34(48-6)38(50-8)32(20)46-4)30(42)28(40)18-10-24(44-2)36-26(12-18)52-16-54-36/h9-14H,15-16H2,1-8H3. The van der Waals surface area contributed by atoms with E-state index in [1.807, 2.05) is 0 Å². The van der Waals surface area contributed by atoms with E-state index in [0.29, 0.717) is 0 Å². The fraction of sp³-hybridized carbons (Fsp3) is 0.263.